The van der Waals surface area contributed by atoms with Crippen molar-refractivity contribution in [3.63, 3.8) is 0 Å². The third-order valence-corrected chi connectivity index (χ3v) is 5.70. The average Bonchev–Trinajstić information content (AvgIpc) is 3.03. The van der Waals surface area contributed by atoms with Crippen molar-refractivity contribution in [3.05, 3.63) is 65.7 Å². The van der Waals surface area contributed by atoms with Gasteiger partial charge in [0.05, 0.1) is 4.90 Å². The molecule has 0 radical (unpaired) electrons. The maximum Gasteiger partial charge on any atom is 0.417 e. The van der Waals surface area contributed by atoms with Gasteiger partial charge < -0.3 is 4.74 Å². The maximum absolute atomic E-state index is 12.9. The molecule has 3 rings (SSSR count). The Hall–Kier alpha value is -2.67. The van der Waals surface area contributed by atoms with E-state index in [0.29, 0.717) is 6.42 Å². The van der Waals surface area contributed by atoms with E-state index in [4.69, 9.17) is 4.74 Å². The molecule has 27 heavy (non-hydrogen) atoms. The van der Waals surface area contributed by atoms with Gasteiger partial charge in [-0.2, -0.15) is 0 Å². The maximum atomic E-state index is 12.9. The Morgan fingerprint density at radius 1 is 1.19 bits per heavy atom. The van der Waals surface area contributed by atoms with Gasteiger partial charge in [0.2, 0.25) is 5.91 Å². The molecule has 1 aliphatic rings. The number of imide groups is 1. The number of carbonyl (C=O) groups excluding carboxylic acids is 2. The number of ether oxygens (including phenoxy) is 1. The summed E-state index contributed by atoms with van der Waals surface area (Å²) in [4.78, 5) is 26.5. The van der Waals surface area contributed by atoms with Crippen molar-refractivity contribution in [2.45, 2.75) is 24.3 Å². The van der Waals surface area contributed by atoms with Gasteiger partial charge in [-0.15, -0.1) is 0 Å². The van der Waals surface area contributed by atoms with E-state index in [1.807, 2.05) is 30.3 Å². The van der Waals surface area contributed by atoms with Crippen molar-refractivity contribution < 1.29 is 22.7 Å². The van der Waals surface area contributed by atoms with E-state index in [1.165, 1.54) is 11.0 Å². The number of carbonyl (C=O) groups is 2. The lowest BCUT2D eigenvalue weighted by molar-refractivity contribution is -0.133. The van der Waals surface area contributed by atoms with Crippen molar-refractivity contribution in [1.29, 1.82) is 0 Å². The Bertz CT molecular complexity index is 955. The van der Waals surface area contributed by atoms with Crippen LogP contribution in [0.4, 0.5) is 4.79 Å². The largest absolute Gasteiger partial charge is 0.446 e. The number of hydrogen-bond donors (Lipinski definition) is 0. The second-order valence-electron chi connectivity index (χ2n) is 6.74. The van der Waals surface area contributed by atoms with Gasteiger partial charge in [-0.1, -0.05) is 49.4 Å². The zero-order valence-electron chi connectivity index (χ0n) is 15.2. The summed E-state index contributed by atoms with van der Waals surface area (Å²) in [7, 11) is -3.32. The third-order valence-electron chi connectivity index (χ3n) is 4.58. The summed E-state index contributed by atoms with van der Waals surface area (Å²) in [6.45, 7) is 1.86. The van der Waals surface area contributed by atoms with E-state index >= 15 is 0 Å². The third kappa shape index (κ3) is 4.19. The topological polar surface area (TPSA) is 80.8 Å². The molecule has 2 atom stereocenters. The summed E-state index contributed by atoms with van der Waals surface area (Å²) >= 11 is 0. The highest BCUT2D eigenvalue weighted by molar-refractivity contribution is 7.90. The molecule has 0 aromatic heterocycles. The van der Waals surface area contributed by atoms with E-state index in [9.17, 15) is 18.0 Å². The zero-order valence-corrected chi connectivity index (χ0v) is 16.0. The molecule has 1 fully saturated rings. The molecule has 0 bridgehead atoms. The number of hydrogen-bond acceptors (Lipinski definition) is 5. The molecular weight excluding hydrogens is 366 g/mol. The lowest BCUT2D eigenvalue weighted by Crippen LogP contribution is -2.38. The van der Waals surface area contributed by atoms with Crippen LogP contribution in [-0.4, -0.2) is 38.2 Å². The Morgan fingerprint density at radius 3 is 2.56 bits per heavy atom. The fourth-order valence-electron chi connectivity index (χ4n) is 3.17. The van der Waals surface area contributed by atoms with Gasteiger partial charge in [-0.05, 0) is 29.7 Å². The number of rotatable bonds is 5. The van der Waals surface area contributed by atoms with E-state index < -0.39 is 27.9 Å². The molecule has 0 spiro atoms. The van der Waals surface area contributed by atoms with Gasteiger partial charge >= 0.3 is 6.09 Å². The van der Waals surface area contributed by atoms with Gasteiger partial charge in [-0.25, -0.2) is 18.1 Å². The predicted octanol–water partition coefficient (Wildman–Crippen LogP) is 2.99. The molecule has 0 saturated carbocycles. The minimum absolute atomic E-state index is 0.130. The summed E-state index contributed by atoms with van der Waals surface area (Å²) in [6, 6.07) is 15.3. The second kappa shape index (κ2) is 7.52. The molecule has 2 amide bonds. The number of sulfone groups is 1. The SMILES string of the molecule is C[C@@H](Cc1cccc(S(C)(=O)=O)c1)C(=O)N1C(=O)OCC1c1ccccc1. The summed E-state index contributed by atoms with van der Waals surface area (Å²) in [6.07, 6.45) is 0.824. The molecule has 2 aromatic carbocycles. The normalized spacial score (nSPS) is 18.2. The summed E-state index contributed by atoms with van der Waals surface area (Å²) < 4.78 is 28.5. The first kappa shape index (κ1) is 19.1. The van der Waals surface area contributed by atoms with E-state index in [-0.39, 0.29) is 17.4 Å². The standard InChI is InChI=1S/C20H21NO5S/c1-14(11-15-7-6-10-17(12-15)27(2,24)25)19(22)21-18(13-26-20(21)23)16-8-4-3-5-9-16/h3-10,12,14,18H,11,13H2,1-2H3/t14-,18?/m0/s1. The fraction of sp³-hybridized carbons (Fsp3) is 0.300. The number of cyclic esters (lactones) is 1. The van der Waals surface area contributed by atoms with Crippen LogP contribution < -0.4 is 0 Å². The summed E-state index contributed by atoms with van der Waals surface area (Å²) in [5.74, 6) is -0.840. The first-order valence-corrected chi connectivity index (χ1v) is 10.5. The van der Waals surface area contributed by atoms with Crippen LogP contribution in [0.3, 0.4) is 0 Å². The molecule has 6 nitrogen and oxygen atoms in total. The quantitative estimate of drug-likeness (QED) is 0.788. The zero-order chi connectivity index (χ0) is 19.6. The van der Waals surface area contributed by atoms with Crippen LogP contribution in [-0.2, 0) is 25.8 Å². The van der Waals surface area contributed by atoms with E-state index in [2.05, 4.69) is 0 Å². The minimum atomic E-state index is -3.32. The van der Waals surface area contributed by atoms with E-state index in [0.717, 1.165) is 17.4 Å². The van der Waals surface area contributed by atoms with Crippen molar-refractivity contribution in [3.8, 4) is 0 Å². The van der Waals surface area contributed by atoms with Crippen LogP contribution in [0.1, 0.15) is 24.1 Å². The minimum Gasteiger partial charge on any atom is -0.446 e. The number of amides is 2. The molecule has 142 valence electrons. The summed E-state index contributed by atoms with van der Waals surface area (Å²) in [5, 5.41) is 0. The molecule has 1 saturated heterocycles. The van der Waals surface area contributed by atoms with Gasteiger partial charge in [0.15, 0.2) is 9.84 Å². The molecule has 2 aromatic rings. The van der Waals surface area contributed by atoms with Crippen LogP contribution in [0.25, 0.3) is 0 Å². The smallest absolute Gasteiger partial charge is 0.417 e. The Labute approximate surface area is 158 Å². The molecular formula is C20H21NO5S. The van der Waals surface area contributed by atoms with Crippen LogP contribution in [0.5, 0.6) is 0 Å². The van der Waals surface area contributed by atoms with E-state index in [1.54, 1.807) is 25.1 Å². The van der Waals surface area contributed by atoms with Gasteiger partial charge in [0.1, 0.15) is 12.6 Å². The summed E-state index contributed by atoms with van der Waals surface area (Å²) in [5.41, 5.74) is 1.56. The van der Waals surface area contributed by atoms with Crippen LogP contribution in [0, 0.1) is 5.92 Å². The monoisotopic (exact) mass is 387 g/mol. The number of nitrogens with zero attached hydrogens (tertiary/aromatic N) is 1. The molecule has 7 heteroatoms. The Kier molecular flexibility index (Phi) is 5.32. The highest BCUT2D eigenvalue weighted by Gasteiger charge is 2.40. The van der Waals surface area contributed by atoms with Crippen LogP contribution in [0.2, 0.25) is 0 Å². The van der Waals surface area contributed by atoms with Crippen molar-refractivity contribution in [2.24, 2.45) is 5.92 Å². The van der Waals surface area contributed by atoms with Crippen molar-refractivity contribution in [1.82, 2.24) is 4.90 Å². The molecule has 0 aliphatic carbocycles. The van der Waals surface area contributed by atoms with Gasteiger partial charge in [-0.3, -0.25) is 4.79 Å². The van der Waals surface area contributed by atoms with Crippen molar-refractivity contribution in [2.75, 3.05) is 12.9 Å². The molecule has 0 N–H and O–H groups in total. The molecule has 1 heterocycles. The first-order chi connectivity index (χ1) is 12.8. The van der Waals surface area contributed by atoms with Crippen molar-refractivity contribution >= 4 is 21.8 Å². The van der Waals surface area contributed by atoms with Crippen LogP contribution in [0.15, 0.2) is 59.5 Å². The fourth-order valence-corrected chi connectivity index (χ4v) is 3.86. The highest BCUT2D eigenvalue weighted by Crippen LogP contribution is 2.29. The second-order valence-corrected chi connectivity index (χ2v) is 8.75. The van der Waals surface area contributed by atoms with Gasteiger partial charge in [0.25, 0.3) is 0 Å². The Balaban J connectivity index is 1.79. The number of benzene rings is 2. The first-order valence-electron chi connectivity index (χ1n) is 8.61. The van der Waals surface area contributed by atoms with Crippen LogP contribution >= 0.6 is 0 Å². The lowest BCUT2D eigenvalue weighted by Gasteiger charge is -2.23. The highest BCUT2D eigenvalue weighted by atomic mass is 32.2. The molecule has 1 unspecified atom stereocenters. The predicted molar refractivity (Wildman–Crippen MR) is 99.8 cm³/mol. The van der Waals surface area contributed by atoms with Gasteiger partial charge in [0, 0.05) is 12.2 Å². The Morgan fingerprint density at radius 2 is 1.89 bits per heavy atom. The molecule has 1 aliphatic heterocycles. The average molecular weight is 387 g/mol. The lowest BCUT2D eigenvalue weighted by atomic mass is 9.98.